The molecule has 7 nitrogen and oxygen atoms in total. The second-order valence-corrected chi connectivity index (χ2v) is 7.04. The predicted molar refractivity (Wildman–Crippen MR) is 123 cm³/mol. The van der Waals surface area contributed by atoms with Crippen molar-refractivity contribution in [3.63, 3.8) is 0 Å². The van der Waals surface area contributed by atoms with Crippen LogP contribution in [0.3, 0.4) is 0 Å². The molecule has 3 aromatic carbocycles. The molecule has 178 valence electrons. The topological polar surface area (TPSA) is 97.6 Å². The highest BCUT2D eigenvalue weighted by atomic mass is 19.5. The van der Waals surface area contributed by atoms with Gasteiger partial charge in [-0.3, -0.25) is 20.2 Å². The van der Waals surface area contributed by atoms with Crippen molar-refractivity contribution < 1.29 is 31.5 Å². The van der Waals surface area contributed by atoms with E-state index in [4.69, 9.17) is 4.42 Å². The average Bonchev–Trinajstić information content (AvgIpc) is 2.83. The molecule has 4 rings (SSSR count). The molecule has 0 aliphatic carbocycles. The van der Waals surface area contributed by atoms with E-state index >= 15 is 0 Å². The van der Waals surface area contributed by atoms with Crippen LogP contribution in [0.2, 0.25) is 0 Å². The van der Waals surface area contributed by atoms with Crippen LogP contribution >= 0.6 is 0 Å². The van der Waals surface area contributed by atoms with Crippen LogP contribution in [0.25, 0.3) is 33.8 Å². The van der Waals surface area contributed by atoms with Crippen LogP contribution in [-0.2, 0) is 0 Å². The molecule has 0 saturated heterocycles. The van der Waals surface area contributed by atoms with Crippen LogP contribution in [0.1, 0.15) is 0 Å². The lowest BCUT2D eigenvalue weighted by atomic mass is 10.0. The summed E-state index contributed by atoms with van der Waals surface area (Å²) < 4.78 is 45.1. The lowest BCUT2D eigenvalue weighted by Gasteiger charge is -2.02. The Balaban J connectivity index is 0.000000623. The normalized spacial score (nSPS) is 10.7. The van der Waals surface area contributed by atoms with Gasteiger partial charge in [0.1, 0.15) is 0 Å². The molecular formula is C23H15BF4N2O5. The molecule has 12 heteroatoms. The minimum Gasteiger partial charge on any atom is -0.418 e. The fraction of sp³-hybridized carbons (Fsp3) is 0. The maximum absolute atomic E-state index is 10.9. The maximum Gasteiger partial charge on any atom is 0.673 e. The Labute approximate surface area is 195 Å². The van der Waals surface area contributed by atoms with Crippen molar-refractivity contribution in [2.75, 3.05) is 0 Å². The van der Waals surface area contributed by atoms with Gasteiger partial charge in [-0.1, -0.05) is 30.3 Å². The maximum atomic E-state index is 10.9. The SMILES string of the molecule is F[B-](F)(F)F.O=[N+]([O-])c1ccc(-c2cc(-c3ccccc3)cc(-c3ccc([N+](=O)[O-])cc3)[o+]2)cc1. The number of nitro benzene ring substituents is 2. The molecule has 0 amide bonds. The van der Waals surface area contributed by atoms with Gasteiger partial charge in [0.05, 0.1) is 33.1 Å². The van der Waals surface area contributed by atoms with Crippen molar-refractivity contribution in [1.29, 1.82) is 0 Å². The lowest BCUT2D eigenvalue weighted by Crippen LogP contribution is -2.02. The number of hydrogen-bond donors (Lipinski definition) is 0. The monoisotopic (exact) mass is 486 g/mol. The molecular weight excluding hydrogens is 471 g/mol. The Morgan fingerprint density at radius 1 is 0.571 bits per heavy atom. The molecule has 0 N–H and O–H groups in total. The number of hydrogen-bond acceptors (Lipinski definition) is 4. The van der Waals surface area contributed by atoms with Gasteiger partial charge in [0.25, 0.3) is 11.4 Å². The molecule has 0 spiro atoms. The molecule has 0 bridgehead atoms. The fourth-order valence-corrected chi connectivity index (χ4v) is 3.08. The van der Waals surface area contributed by atoms with E-state index in [1.807, 2.05) is 42.5 Å². The summed E-state index contributed by atoms with van der Waals surface area (Å²) in [6.45, 7) is 0. The Hall–Kier alpha value is -4.61. The molecule has 4 aromatic rings. The first kappa shape index (κ1) is 25.0. The minimum atomic E-state index is -6.00. The van der Waals surface area contributed by atoms with Crippen LogP contribution in [0.4, 0.5) is 28.6 Å². The first-order valence-electron chi connectivity index (χ1n) is 9.92. The van der Waals surface area contributed by atoms with Crippen molar-refractivity contribution >= 4 is 18.6 Å². The van der Waals surface area contributed by atoms with Gasteiger partial charge in [-0.2, -0.15) is 0 Å². The van der Waals surface area contributed by atoms with Gasteiger partial charge in [0.2, 0.25) is 0 Å². The highest BCUT2D eigenvalue weighted by Gasteiger charge is 2.22. The first-order valence-corrected chi connectivity index (χ1v) is 9.92. The van der Waals surface area contributed by atoms with Gasteiger partial charge in [-0.25, -0.2) is 4.42 Å². The number of halogens is 4. The summed E-state index contributed by atoms with van der Waals surface area (Å²) in [5.41, 5.74) is 3.22. The Morgan fingerprint density at radius 2 is 0.943 bits per heavy atom. The number of rotatable bonds is 5. The van der Waals surface area contributed by atoms with Crippen LogP contribution < -0.4 is 0 Å². The summed E-state index contributed by atoms with van der Waals surface area (Å²) in [7, 11) is -6.00. The van der Waals surface area contributed by atoms with Crippen molar-refractivity contribution in [1.82, 2.24) is 0 Å². The summed E-state index contributed by atoms with van der Waals surface area (Å²) in [6, 6.07) is 25.7. The summed E-state index contributed by atoms with van der Waals surface area (Å²) in [5, 5.41) is 21.9. The molecule has 35 heavy (non-hydrogen) atoms. The minimum absolute atomic E-state index is 0.00597. The van der Waals surface area contributed by atoms with E-state index in [1.54, 1.807) is 24.3 Å². The fourth-order valence-electron chi connectivity index (χ4n) is 3.08. The van der Waals surface area contributed by atoms with Crippen LogP contribution in [-0.4, -0.2) is 17.1 Å². The number of nitrogens with zero attached hydrogens (tertiary/aromatic N) is 2. The molecule has 0 aliphatic rings. The van der Waals surface area contributed by atoms with Gasteiger partial charge in [0.15, 0.2) is 0 Å². The summed E-state index contributed by atoms with van der Waals surface area (Å²) in [4.78, 5) is 21.0. The molecule has 0 atom stereocenters. The van der Waals surface area contributed by atoms with Crippen LogP contribution in [0, 0.1) is 20.2 Å². The third-order valence-corrected chi connectivity index (χ3v) is 4.63. The summed E-state index contributed by atoms with van der Waals surface area (Å²) >= 11 is 0. The van der Waals surface area contributed by atoms with E-state index in [2.05, 4.69) is 0 Å². The zero-order valence-electron chi connectivity index (χ0n) is 17.7. The van der Waals surface area contributed by atoms with E-state index in [0.29, 0.717) is 22.6 Å². The molecule has 0 aliphatic heterocycles. The second-order valence-electron chi connectivity index (χ2n) is 7.04. The third kappa shape index (κ3) is 7.19. The number of nitro groups is 2. The lowest BCUT2D eigenvalue weighted by molar-refractivity contribution is -0.385. The standard InChI is InChI=1S/C23H15N2O5.BF4/c26-24(27)20-10-6-17(7-11-20)22-14-19(16-4-2-1-3-5-16)15-23(30-22)18-8-12-21(13-9-18)25(28)29;2-1(3,4)5/h1-15H;/q+1;-1. The number of benzene rings is 3. The molecule has 1 heterocycles. The molecule has 0 fully saturated rings. The Kier molecular flexibility index (Phi) is 7.54. The van der Waals surface area contributed by atoms with E-state index in [-0.39, 0.29) is 11.4 Å². The average molecular weight is 486 g/mol. The van der Waals surface area contributed by atoms with Gasteiger partial charge < -0.3 is 17.3 Å². The van der Waals surface area contributed by atoms with Gasteiger partial charge >= 0.3 is 18.8 Å². The zero-order chi connectivity index (χ0) is 25.6. The zero-order valence-corrected chi connectivity index (χ0v) is 17.7. The van der Waals surface area contributed by atoms with E-state index in [9.17, 15) is 37.5 Å². The molecule has 0 unspecified atom stereocenters. The summed E-state index contributed by atoms with van der Waals surface area (Å²) in [6.07, 6.45) is 0. The first-order chi connectivity index (χ1) is 16.5. The third-order valence-electron chi connectivity index (χ3n) is 4.63. The van der Waals surface area contributed by atoms with E-state index in [0.717, 1.165) is 11.1 Å². The van der Waals surface area contributed by atoms with Crippen LogP contribution in [0.15, 0.2) is 95.4 Å². The van der Waals surface area contributed by atoms with Gasteiger partial charge in [-0.15, -0.1) is 0 Å². The largest absolute Gasteiger partial charge is 0.673 e. The van der Waals surface area contributed by atoms with Crippen molar-refractivity contribution in [3.8, 4) is 33.8 Å². The Morgan fingerprint density at radius 3 is 1.29 bits per heavy atom. The van der Waals surface area contributed by atoms with Gasteiger partial charge in [0, 0.05) is 29.8 Å². The Bertz CT molecular complexity index is 1250. The molecule has 1 aromatic heterocycles. The van der Waals surface area contributed by atoms with E-state index in [1.165, 1.54) is 24.3 Å². The predicted octanol–water partition coefficient (Wildman–Crippen LogP) is 7.68. The van der Waals surface area contributed by atoms with Crippen LogP contribution in [0.5, 0.6) is 0 Å². The van der Waals surface area contributed by atoms with Gasteiger partial charge in [-0.05, 0) is 29.8 Å². The number of non-ortho nitro benzene ring substituents is 2. The van der Waals surface area contributed by atoms with Crippen molar-refractivity contribution in [3.05, 3.63) is 111 Å². The second kappa shape index (κ2) is 10.6. The quantitative estimate of drug-likeness (QED) is 0.0948. The summed E-state index contributed by atoms with van der Waals surface area (Å²) in [5.74, 6) is 1.05. The smallest absolute Gasteiger partial charge is 0.418 e. The van der Waals surface area contributed by atoms with Crippen molar-refractivity contribution in [2.45, 2.75) is 0 Å². The van der Waals surface area contributed by atoms with Crippen molar-refractivity contribution in [2.24, 2.45) is 0 Å². The van der Waals surface area contributed by atoms with E-state index < -0.39 is 17.1 Å². The molecule has 0 radical (unpaired) electrons. The highest BCUT2D eigenvalue weighted by Crippen LogP contribution is 2.34. The molecule has 0 saturated carbocycles. The highest BCUT2D eigenvalue weighted by molar-refractivity contribution is 6.50.